The topological polar surface area (TPSA) is 93.0 Å². The van der Waals surface area contributed by atoms with Crippen molar-refractivity contribution in [2.75, 3.05) is 29.9 Å². The Kier molecular flexibility index (Phi) is 6.11. The van der Waals surface area contributed by atoms with Crippen molar-refractivity contribution >= 4 is 28.9 Å². The maximum atomic E-state index is 12.5. The van der Waals surface area contributed by atoms with Crippen LogP contribution in [-0.4, -0.2) is 43.0 Å². The first-order chi connectivity index (χ1) is 13.9. The minimum absolute atomic E-state index is 0.0432. The molecule has 0 aromatic heterocycles. The van der Waals surface area contributed by atoms with Crippen LogP contribution in [0.1, 0.15) is 30.1 Å². The molecule has 2 aromatic carbocycles. The Hall–Kier alpha value is -3.42. The van der Waals surface area contributed by atoms with Crippen molar-refractivity contribution in [3.05, 3.63) is 64.2 Å². The van der Waals surface area contributed by atoms with Crippen molar-refractivity contribution in [3.8, 4) is 0 Å². The number of carbonyl (C=O) groups is 2. The van der Waals surface area contributed by atoms with Gasteiger partial charge in [-0.2, -0.15) is 0 Å². The predicted molar refractivity (Wildman–Crippen MR) is 109 cm³/mol. The van der Waals surface area contributed by atoms with Crippen molar-refractivity contribution in [1.29, 1.82) is 0 Å². The second kappa shape index (κ2) is 8.72. The number of carbonyl (C=O) groups excluding carboxylic acids is 2. The van der Waals surface area contributed by atoms with E-state index < -0.39 is 22.9 Å². The van der Waals surface area contributed by atoms with Gasteiger partial charge in [0.15, 0.2) is 6.10 Å². The summed E-state index contributed by atoms with van der Waals surface area (Å²) in [6.45, 7) is 2.98. The molecule has 0 aliphatic carbocycles. The average molecular weight is 397 g/mol. The summed E-state index contributed by atoms with van der Waals surface area (Å²) in [6, 6.07) is 13.3. The number of ether oxygens (including phenoxy) is 1. The number of hydrogen-bond donors (Lipinski definition) is 0. The van der Waals surface area contributed by atoms with Gasteiger partial charge in [-0.15, -0.1) is 0 Å². The molecule has 1 saturated heterocycles. The second-order valence-electron chi connectivity index (χ2n) is 6.94. The molecule has 2 aromatic rings. The first kappa shape index (κ1) is 20.3. The molecule has 1 aliphatic rings. The lowest BCUT2D eigenvalue weighted by molar-refractivity contribution is -0.384. The Morgan fingerprint density at radius 1 is 1.14 bits per heavy atom. The van der Waals surface area contributed by atoms with E-state index in [-0.39, 0.29) is 11.3 Å². The van der Waals surface area contributed by atoms with Crippen molar-refractivity contribution < 1.29 is 19.2 Å². The molecule has 0 N–H and O–H groups in total. The van der Waals surface area contributed by atoms with Crippen LogP contribution in [0.5, 0.6) is 0 Å². The number of hydrogen-bond acceptors (Lipinski definition) is 6. The molecule has 3 rings (SSSR count). The minimum atomic E-state index is -1.04. The van der Waals surface area contributed by atoms with Gasteiger partial charge in [0.1, 0.15) is 5.69 Å². The van der Waals surface area contributed by atoms with Crippen LogP contribution in [0.15, 0.2) is 48.5 Å². The smallest absolute Gasteiger partial charge is 0.339 e. The standard InChI is InChI=1S/C21H23N3O5/c1-15(20(25)22(2)17-8-4-3-5-9-17)29-21(26)16-10-11-18(19(14-16)24(27)28)23-12-6-7-13-23/h3-5,8-11,14-15H,6-7,12-13H2,1-2H3/t15-/m1/s1. The molecule has 152 valence electrons. The van der Waals surface area contributed by atoms with Crippen molar-refractivity contribution in [3.63, 3.8) is 0 Å². The van der Waals surface area contributed by atoms with E-state index in [2.05, 4.69) is 0 Å². The highest BCUT2D eigenvalue weighted by Crippen LogP contribution is 2.32. The minimum Gasteiger partial charge on any atom is -0.449 e. The number of para-hydroxylation sites is 1. The number of anilines is 2. The van der Waals surface area contributed by atoms with Crippen LogP contribution >= 0.6 is 0 Å². The quantitative estimate of drug-likeness (QED) is 0.421. The third kappa shape index (κ3) is 4.53. The number of nitrogens with zero attached hydrogens (tertiary/aromatic N) is 3. The number of benzene rings is 2. The Morgan fingerprint density at radius 2 is 1.79 bits per heavy atom. The van der Waals surface area contributed by atoms with Gasteiger partial charge in [0.05, 0.1) is 10.5 Å². The van der Waals surface area contributed by atoms with Crippen LogP contribution < -0.4 is 9.80 Å². The first-order valence-corrected chi connectivity index (χ1v) is 9.45. The summed E-state index contributed by atoms with van der Waals surface area (Å²) in [5.41, 5.74) is 1.08. The fraction of sp³-hybridized carbons (Fsp3) is 0.333. The highest BCUT2D eigenvalue weighted by atomic mass is 16.6. The van der Waals surface area contributed by atoms with Gasteiger partial charge >= 0.3 is 5.97 Å². The summed E-state index contributed by atoms with van der Waals surface area (Å²) in [4.78, 5) is 39.4. The van der Waals surface area contributed by atoms with E-state index in [0.717, 1.165) is 25.9 Å². The number of likely N-dealkylation sites (N-methyl/N-ethyl adjacent to an activating group) is 1. The zero-order valence-corrected chi connectivity index (χ0v) is 16.4. The number of amides is 1. The number of esters is 1. The van der Waals surface area contributed by atoms with E-state index in [1.54, 1.807) is 37.4 Å². The maximum absolute atomic E-state index is 12.5. The molecule has 0 spiro atoms. The zero-order chi connectivity index (χ0) is 21.0. The predicted octanol–water partition coefficient (Wildman–Crippen LogP) is 3.40. The van der Waals surface area contributed by atoms with Crippen LogP contribution in [0, 0.1) is 10.1 Å². The fourth-order valence-electron chi connectivity index (χ4n) is 3.35. The first-order valence-electron chi connectivity index (χ1n) is 9.45. The molecule has 0 saturated carbocycles. The van der Waals surface area contributed by atoms with Crippen molar-refractivity contribution in [2.24, 2.45) is 0 Å². The van der Waals surface area contributed by atoms with Gasteiger partial charge in [-0.3, -0.25) is 14.9 Å². The third-order valence-electron chi connectivity index (χ3n) is 4.96. The Balaban J connectivity index is 1.73. The molecule has 8 nitrogen and oxygen atoms in total. The van der Waals surface area contributed by atoms with Crippen LogP contribution in [0.2, 0.25) is 0 Å². The van der Waals surface area contributed by atoms with Crippen molar-refractivity contribution in [1.82, 2.24) is 0 Å². The lowest BCUT2D eigenvalue weighted by Gasteiger charge is -2.22. The van der Waals surface area contributed by atoms with Crippen molar-refractivity contribution in [2.45, 2.75) is 25.9 Å². The van der Waals surface area contributed by atoms with Gasteiger partial charge in [0, 0.05) is 31.9 Å². The molecule has 0 bridgehead atoms. The number of nitro benzene ring substituents is 1. The number of nitro groups is 1. The van der Waals surface area contributed by atoms with Crippen LogP contribution in [0.25, 0.3) is 0 Å². The summed E-state index contributed by atoms with van der Waals surface area (Å²) in [5.74, 6) is -1.17. The second-order valence-corrected chi connectivity index (χ2v) is 6.94. The molecule has 0 radical (unpaired) electrons. The molecule has 1 heterocycles. The normalized spacial score (nSPS) is 14.3. The van der Waals surface area contributed by atoms with Gasteiger partial charge in [0.2, 0.25) is 0 Å². The molecule has 8 heteroatoms. The van der Waals surface area contributed by atoms with Crippen LogP contribution in [0.4, 0.5) is 17.1 Å². The molecular weight excluding hydrogens is 374 g/mol. The Labute approximate surface area is 168 Å². The molecule has 29 heavy (non-hydrogen) atoms. The summed E-state index contributed by atoms with van der Waals surface area (Å²) in [7, 11) is 1.59. The summed E-state index contributed by atoms with van der Waals surface area (Å²) >= 11 is 0. The van der Waals surface area contributed by atoms with E-state index in [0.29, 0.717) is 11.4 Å². The lowest BCUT2D eigenvalue weighted by atomic mass is 10.1. The molecule has 1 amide bonds. The van der Waals surface area contributed by atoms with E-state index in [4.69, 9.17) is 4.74 Å². The lowest BCUT2D eigenvalue weighted by Crippen LogP contribution is -2.37. The molecule has 1 fully saturated rings. The molecule has 1 aliphatic heterocycles. The maximum Gasteiger partial charge on any atom is 0.339 e. The van der Waals surface area contributed by atoms with E-state index >= 15 is 0 Å². The van der Waals surface area contributed by atoms with Gasteiger partial charge in [-0.05, 0) is 44.0 Å². The fourth-order valence-corrected chi connectivity index (χ4v) is 3.35. The molecule has 1 atom stereocenters. The third-order valence-corrected chi connectivity index (χ3v) is 4.96. The summed E-state index contributed by atoms with van der Waals surface area (Å²) < 4.78 is 5.27. The SMILES string of the molecule is C[C@@H](OC(=O)c1ccc(N2CCCC2)c([N+](=O)[O-])c1)C(=O)N(C)c1ccccc1. The van der Waals surface area contributed by atoms with E-state index in [9.17, 15) is 19.7 Å². The summed E-state index contributed by atoms with van der Waals surface area (Å²) in [6.07, 6.45) is 0.926. The molecule has 0 unspecified atom stereocenters. The van der Waals surface area contributed by atoms with Gasteiger partial charge < -0.3 is 14.5 Å². The zero-order valence-electron chi connectivity index (χ0n) is 16.4. The Bertz CT molecular complexity index is 910. The van der Waals surface area contributed by atoms with Gasteiger partial charge in [-0.1, -0.05) is 18.2 Å². The molecular formula is C21H23N3O5. The van der Waals surface area contributed by atoms with E-state index in [1.165, 1.54) is 24.0 Å². The van der Waals surface area contributed by atoms with E-state index in [1.807, 2.05) is 11.0 Å². The van der Waals surface area contributed by atoms with Crippen LogP contribution in [0.3, 0.4) is 0 Å². The van der Waals surface area contributed by atoms with Gasteiger partial charge in [-0.25, -0.2) is 4.79 Å². The number of rotatable bonds is 6. The Morgan fingerprint density at radius 3 is 2.41 bits per heavy atom. The van der Waals surface area contributed by atoms with Crippen LogP contribution in [-0.2, 0) is 9.53 Å². The monoisotopic (exact) mass is 397 g/mol. The largest absolute Gasteiger partial charge is 0.449 e. The highest BCUT2D eigenvalue weighted by molar-refractivity contribution is 5.99. The highest BCUT2D eigenvalue weighted by Gasteiger charge is 2.27. The summed E-state index contributed by atoms with van der Waals surface area (Å²) in [5, 5.41) is 11.5. The average Bonchev–Trinajstić information content (AvgIpc) is 3.27. The van der Waals surface area contributed by atoms with Gasteiger partial charge in [0.25, 0.3) is 11.6 Å².